The molecule has 10 rings (SSSR count). The fraction of sp³-hybridized carbons (Fsp3) is 0. The van der Waals surface area contributed by atoms with Crippen molar-refractivity contribution < 1.29 is 4.42 Å². The van der Waals surface area contributed by atoms with Gasteiger partial charge < -0.3 is 4.42 Å². The maximum atomic E-state index is 6.69. The Bertz CT molecular complexity index is 2840. The third-order valence-corrected chi connectivity index (χ3v) is 9.70. The number of hydrogen-bond acceptors (Lipinski definition) is 4. The predicted octanol–water partition coefficient (Wildman–Crippen LogP) is 12.4. The highest BCUT2D eigenvalue weighted by Gasteiger charge is 2.21. The van der Waals surface area contributed by atoms with E-state index in [4.69, 9.17) is 19.4 Å². The van der Waals surface area contributed by atoms with Crippen molar-refractivity contribution in [2.24, 2.45) is 0 Å². The van der Waals surface area contributed by atoms with Gasteiger partial charge in [0.1, 0.15) is 11.2 Å². The van der Waals surface area contributed by atoms with Gasteiger partial charge in [0, 0.05) is 32.8 Å². The monoisotopic (exact) mass is 651 g/mol. The molecule has 0 spiro atoms. The standard InChI is InChI=1S/C47H29N3O/c1-3-12-33(13-4-1)45-48-46(34-14-5-2-6-15-34)50-47(49-45)41-29-38-17-9-10-18-39(38)44-43(41)40-28-37(25-26-42(40)51-44)32-21-19-31(20-22-32)36-24-23-30-11-7-8-16-35(30)27-36/h1-29H. The van der Waals surface area contributed by atoms with Crippen LogP contribution < -0.4 is 0 Å². The summed E-state index contributed by atoms with van der Waals surface area (Å²) >= 11 is 0. The summed E-state index contributed by atoms with van der Waals surface area (Å²) in [5.74, 6) is 1.85. The summed E-state index contributed by atoms with van der Waals surface area (Å²) in [6.45, 7) is 0. The van der Waals surface area contributed by atoms with Crippen LogP contribution in [0.25, 0.3) is 99.9 Å². The van der Waals surface area contributed by atoms with Crippen LogP contribution in [0.3, 0.4) is 0 Å². The first-order valence-corrected chi connectivity index (χ1v) is 17.1. The van der Waals surface area contributed by atoms with Crippen LogP contribution in [-0.4, -0.2) is 15.0 Å². The van der Waals surface area contributed by atoms with Crippen molar-refractivity contribution in [3.63, 3.8) is 0 Å². The zero-order valence-electron chi connectivity index (χ0n) is 27.5. The first kappa shape index (κ1) is 29.0. The fourth-order valence-electron chi connectivity index (χ4n) is 7.12. The summed E-state index contributed by atoms with van der Waals surface area (Å²) in [5.41, 5.74) is 9.05. The summed E-state index contributed by atoms with van der Waals surface area (Å²) in [6.07, 6.45) is 0. The Balaban J connectivity index is 1.16. The molecule has 0 fully saturated rings. The maximum Gasteiger partial charge on any atom is 0.164 e. The van der Waals surface area contributed by atoms with E-state index in [1.165, 1.54) is 21.9 Å². The van der Waals surface area contributed by atoms with E-state index in [-0.39, 0.29) is 0 Å². The van der Waals surface area contributed by atoms with Crippen LogP contribution in [0.5, 0.6) is 0 Å². The van der Waals surface area contributed by atoms with Gasteiger partial charge in [-0.3, -0.25) is 0 Å². The molecule has 51 heavy (non-hydrogen) atoms. The van der Waals surface area contributed by atoms with Crippen LogP contribution in [0.1, 0.15) is 0 Å². The lowest BCUT2D eigenvalue weighted by Gasteiger charge is -2.11. The minimum Gasteiger partial charge on any atom is -0.455 e. The summed E-state index contributed by atoms with van der Waals surface area (Å²) in [6, 6.07) is 61.1. The van der Waals surface area contributed by atoms with Crippen molar-refractivity contribution in [3.8, 4) is 56.4 Å². The van der Waals surface area contributed by atoms with Crippen LogP contribution in [0.2, 0.25) is 0 Å². The molecule has 0 bridgehead atoms. The number of fused-ring (bicyclic) bond motifs is 6. The van der Waals surface area contributed by atoms with Crippen molar-refractivity contribution in [1.82, 2.24) is 15.0 Å². The lowest BCUT2D eigenvalue weighted by atomic mass is 9.96. The van der Waals surface area contributed by atoms with Crippen LogP contribution in [-0.2, 0) is 0 Å². The maximum absolute atomic E-state index is 6.69. The zero-order chi connectivity index (χ0) is 33.7. The SMILES string of the molecule is c1ccc(-c2nc(-c3ccccc3)nc(-c3cc4ccccc4c4oc5ccc(-c6ccc(-c7ccc8ccccc8c7)cc6)cc5c34)n2)cc1. The highest BCUT2D eigenvalue weighted by molar-refractivity contribution is 6.21. The number of benzene rings is 8. The van der Waals surface area contributed by atoms with E-state index in [1.807, 2.05) is 60.7 Å². The fourth-order valence-corrected chi connectivity index (χ4v) is 7.12. The summed E-state index contributed by atoms with van der Waals surface area (Å²) in [5, 5.41) is 6.60. The van der Waals surface area contributed by atoms with Gasteiger partial charge in [-0.2, -0.15) is 0 Å². The Kier molecular flexibility index (Phi) is 6.78. The first-order chi connectivity index (χ1) is 25.2. The van der Waals surface area contributed by atoms with Gasteiger partial charge in [0.15, 0.2) is 17.5 Å². The number of nitrogens with zero attached hydrogens (tertiary/aromatic N) is 3. The van der Waals surface area contributed by atoms with Crippen molar-refractivity contribution >= 4 is 43.5 Å². The van der Waals surface area contributed by atoms with E-state index >= 15 is 0 Å². The smallest absolute Gasteiger partial charge is 0.164 e. The molecule has 8 aromatic carbocycles. The van der Waals surface area contributed by atoms with E-state index in [9.17, 15) is 0 Å². The van der Waals surface area contributed by atoms with Gasteiger partial charge in [0.05, 0.1) is 0 Å². The van der Waals surface area contributed by atoms with Crippen molar-refractivity contribution in [3.05, 3.63) is 176 Å². The van der Waals surface area contributed by atoms with Crippen molar-refractivity contribution in [2.45, 2.75) is 0 Å². The van der Waals surface area contributed by atoms with Crippen LogP contribution in [0, 0.1) is 0 Å². The molecule has 0 amide bonds. The normalized spacial score (nSPS) is 11.5. The molecule has 0 radical (unpaired) electrons. The van der Waals surface area contributed by atoms with Crippen molar-refractivity contribution in [1.29, 1.82) is 0 Å². The van der Waals surface area contributed by atoms with Crippen molar-refractivity contribution in [2.75, 3.05) is 0 Å². The van der Waals surface area contributed by atoms with Crippen LogP contribution in [0.4, 0.5) is 0 Å². The lowest BCUT2D eigenvalue weighted by molar-refractivity contribution is 0.673. The molecule has 0 saturated heterocycles. The first-order valence-electron chi connectivity index (χ1n) is 17.1. The van der Waals surface area contributed by atoms with E-state index in [2.05, 4.69) is 115 Å². The number of hydrogen-bond donors (Lipinski definition) is 0. The van der Waals surface area contributed by atoms with E-state index in [1.54, 1.807) is 0 Å². The van der Waals surface area contributed by atoms with Crippen LogP contribution >= 0.6 is 0 Å². The van der Waals surface area contributed by atoms with Gasteiger partial charge in [-0.25, -0.2) is 15.0 Å². The summed E-state index contributed by atoms with van der Waals surface area (Å²) in [7, 11) is 0. The molecule has 238 valence electrons. The lowest BCUT2D eigenvalue weighted by Crippen LogP contribution is -2.00. The summed E-state index contributed by atoms with van der Waals surface area (Å²) in [4.78, 5) is 15.2. The van der Waals surface area contributed by atoms with Gasteiger partial charge in [-0.05, 0) is 62.7 Å². The van der Waals surface area contributed by atoms with Gasteiger partial charge >= 0.3 is 0 Å². The molecule has 0 aliphatic heterocycles. The largest absolute Gasteiger partial charge is 0.455 e. The molecule has 0 aliphatic carbocycles. The molecule has 2 heterocycles. The Labute approximate surface area is 294 Å². The Morgan fingerprint density at radius 3 is 1.55 bits per heavy atom. The number of furan rings is 1. The molecule has 0 atom stereocenters. The predicted molar refractivity (Wildman–Crippen MR) is 209 cm³/mol. The second kappa shape index (κ2) is 11.9. The quantitative estimate of drug-likeness (QED) is 0.186. The van der Waals surface area contributed by atoms with Gasteiger partial charge in [-0.1, -0.05) is 152 Å². The second-order valence-electron chi connectivity index (χ2n) is 12.8. The zero-order valence-corrected chi connectivity index (χ0v) is 27.5. The molecule has 0 unspecified atom stereocenters. The summed E-state index contributed by atoms with van der Waals surface area (Å²) < 4.78 is 6.69. The molecule has 4 heteroatoms. The van der Waals surface area contributed by atoms with E-state index in [0.29, 0.717) is 17.5 Å². The molecule has 0 aliphatic rings. The molecular weight excluding hydrogens is 623 g/mol. The number of aromatic nitrogens is 3. The Morgan fingerprint density at radius 2 is 0.863 bits per heavy atom. The molecule has 2 aromatic heterocycles. The minimum absolute atomic E-state index is 0.603. The van der Waals surface area contributed by atoms with E-state index < -0.39 is 0 Å². The molecule has 0 saturated carbocycles. The minimum atomic E-state index is 0.603. The number of rotatable bonds is 5. The highest BCUT2D eigenvalue weighted by Crippen LogP contribution is 2.42. The van der Waals surface area contributed by atoms with Gasteiger partial charge in [-0.15, -0.1) is 0 Å². The Morgan fingerprint density at radius 1 is 0.333 bits per heavy atom. The van der Waals surface area contributed by atoms with Gasteiger partial charge in [0.25, 0.3) is 0 Å². The van der Waals surface area contributed by atoms with E-state index in [0.717, 1.165) is 60.5 Å². The van der Waals surface area contributed by atoms with Crippen LogP contribution in [0.15, 0.2) is 180 Å². The molecule has 4 nitrogen and oxygen atoms in total. The topological polar surface area (TPSA) is 51.8 Å². The molecule has 0 N–H and O–H groups in total. The molecular formula is C47H29N3O. The van der Waals surface area contributed by atoms with Gasteiger partial charge in [0.2, 0.25) is 0 Å². The average molecular weight is 652 g/mol. The molecule has 10 aromatic rings. The average Bonchev–Trinajstić information content (AvgIpc) is 3.60. The Hall–Kier alpha value is -6.91. The third-order valence-electron chi connectivity index (χ3n) is 9.70. The highest BCUT2D eigenvalue weighted by atomic mass is 16.3. The third kappa shape index (κ3) is 5.13. The second-order valence-corrected chi connectivity index (χ2v) is 12.8.